The summed E-state index contributed by atoms with van der Waals surface area (Å²) >= 11 is 2.80. The first-order chi connectivity index (χ1) is 26.6. The molecule has 3 heterocycles. The molecule has 0 amide bonds. The number of anilines is 7. The van der Waals surface area contributed by atoms with Crippen LogP contribution in [0.4, 0.5) is 51.0 Å². The quantitative estimate of drug-likeness (QED) is 0.0243. The van der Waals surface area contributed by atoms with Gasteiger partial charge in [-0.25, -0.2) is 0 Å². The lowest BCUT2D eigenvalue weighted by Crippen LogP contribution is -2.22. The van der Waals surface area contributed by atoms with Crippen LogP contribution in [0.1, 0.15) is 27.7 Å². The summed E-state index contributed by atoms with van der Waals surface area (Å²) < 4.78 is 80.8. The van der Waals surface area contributed by atoms with E-state index < -0.39 is 26.0 Å². The number of fused-ring (bicyclic) bond motifs is 1. The lowest BCUT2D eigenvalue weighted by molar-refractivity contribution is 0.414. The van der Waals surface area contributed by atoms with Gasteiger partial charge in [0.2, 0.25) is 11.9 Å². The second-order valence-corrected chi connectivity index (χ2v) is 17.7. The third-order valence-electron chi connectivity index (χ3n) is 8.17. The van der Waals surface area contributed by atoms with Crippen LogP contribution >= 0.6 is 34.6 Å². The first kappa shape index (κ1) is 42.6. The van der Waals surface area contributed by atoms with Crippen LogP contribution < -0.4 is 35.6 Å². The Hall–Kier alpha value is -4.59. The maximum Gasteiger partial charge on any atom is 0.304 e. The van der Waals surface area contributed by atoms with Crippen molar-refractivity contribution < 1.29 is 35.4 Å². The molecule has 0 aliphatic heterocycles. The maximum atomic E-state index is 11.8. The summed E-state index contributed by atoms with van der Waals surface area (Å²) in [7, 11) is -5.61. The molecule has 0 saturated carbocycles. The van der Waals surface area contributed by atoms with Crippen molar-refractivity contribution in [3.63, 3.8) is 0 Å². The number of benzene rings is 2. The van der Waals surface area contributed by atoms with Gasteiger partial charge in [0.05, 0.1) is 53.8 Å². The zero-order valence-electron chi connectivity index (χ0n) is 31.2. The molecule has 5 aromatic rings. The topological polar surface area (TPSA) is 260 Å². The smallest absolute Gasteiger partial charge is 0.304 e. The summed E-state index contributed by atoms with van der Waals surface area (Å²) in [6.07, 6.45) is 0. The minimum absolute atomic E-state index is 0.0378. The van der Waals surface area contributed by atoms with Crippen molar-refractivity contribution >= 4 is 116 Å². The number of thioether (sulfide) groups is 1. The molecule has 0 spiro atoms. The normalized spacial score (nSPS) is 12.0. The van der Waals surface area contributed by atoms with Gasteiger partial charge in [0.25, 0.3) is 10.1 Å². The standard InChI is InChI=1S/C32H41N11O8S5/c1-7-42(8-2)23-15-20(19(33)14-25(23)50-5)34-30-36-31(38-32(37-30)52-11-12-55(44,45)46)35-21-16-24(43(9-3)10-4)26(51-6)17-22(21)39-40-28-18-13-27(56(47,48)49)53-29(18)41-54-28/h13-17H,7-12,33H2,1-6H3,(H,44,45,46)(H,47,48,49)(H2,34,35,36,37,38). The van der Waals surface area contributed by atoms with Crippen molar-refractivity contribution in [1.82, 2.24) is 19.3 Å². The van der Waals surface area contributed by atoms with Crippen LogP contribution in [0, 0.1) is 0 Å². The predicted molar refractivity (Wildman–Crippen MR) is 223 cm³/mol. The monoisotopic (exact) mass is 867 g/mol. The van der Waals surface area contributed by atoms with Crippen molar-refractivity contribution in [1.29, 1.82) is 0 Å². The van der Waals surface area contributed by atoms with E-state index >= 15 is 0 Å². The van der Waals surface area contributed by atoms with Gasteiger partial charge in [0, 0.05) is 44.1 Å². The number of hydrogen-bond donors (Lipinski definition) is 5. The first-order valence-electron chi connectivity index (χ1n) is 17.0. The molecule has 3 aromatic heterocycles. The van der Waals surface area contributed by atoms with Crippen molar-refractivity contribution in [2.24, 2.45) is 10.2 Å². The number of thiophene rings is 1. The number of nitrogen functional groups attached to an aromatic ring is 1. The van der Waals surface area contributed by atoms with Crippen LogP contribution in [0.3, 0.4) is 0 Å². The third-order valence-corrected chi connectivity index (χ3v) is 13.2. The second kappa shape index (κ2) is 18.1. The van der Waals surface area contributed by atoms with E-state index in [1.807, 2.05) is 33.8 Å². The molecule has 0 atom stereocenters. The average molecular weight is 868 g/mol. The summed E-state index contributed by atoms with van der Waals surface area (Å²) in [4.78, 5) is 18.2. The molecule has 0 bridgehead atoms. The SMILES string of the molecule is CCN(CC)c1cc(Nc2nc(Nc3cc(N(CC)CC)c(OC)cc3N=Nc3snc4sc(S(=O)(=O)O)cc34)nc(SCCS(=O)(=O)O)n2)c(N)cc1OC. The van der Waals surface area contributed by atoms with Crippen LogP contribution in [-0.2, 0) is 20.2 Å². The fourth-order valence-corrected chi connectivity index (χ4v) is 9.55. The van der Waals surface area contributed by atoms with Crippen LogP contribution in [0.2, 0.25) is 0 Å². The minimum atomic E-state index is -4.44. The Bertz CT molecular complexity index is 2430. The van der Waals surface area contributed by atoms with Crippen LogP contribution in [-0.4, -0.2) is 97.2 Å². The number of methoxy groups -OCH3 is 2. The zero-order valence-corrected chi connectivity index (χ0v) is 35.3. The third kappa shape index (κ3) is 10.2. The van der Waals surface area contributed by atoms with Gasteiger partial charge in [0.1, 0.15) is 26.2 Å². The van der Waals surface area contributed by atoms with Gasteiger partial charge in [0.15, 0.2) is 10.2 Å². The Morgan fingerprint density at radius 3 is 1.95 bits per heavy atom. The number of azo groups is 1. The number of hydrogen-bond acceptors (Lipinski definition) is 20. The summed E-state index contributed by atoms with van der Waals surface area (Å²) in [6, 6.07) is 8.27. The highest BCUT2D eigenvalue weighted by Gasteiger charge is 2.21. The number of nitrogens with two attached hydrogens (primary N) is 1. The Labute approximate surface area is 336 Å². The Kier molecular flexibility index (Phi) is 13.8. The van der Waals surface area contributed by atoms with Crippen molar-refractivity contribution in [2.75, 3.05) is 78.1 Å². The van der Waals surface area contributed by atoms with E-state index in [-0.39, 0.29) is 32.7 Å². The summed E-state index contributed by atoms with van der Waals surface area (Å²) in [6.45, 7) is 10.7. The summed E-state index contributed by atoms with van der Waals surface area (Å²) in [5.41, 5.74) is 9.45. The first-order valence-corrected chi connectivity index (χ1v) is 22.6. The maximum absolute atomic E-state index is 11.8. The highest BCUT2D eigenvalue weighted by atomic mass is 32.3. The van der Waals surface area contributed by atoms with Gasteiger partial charge in [-0.15, -0.1) is 21.6 Å². The number of ether oxygens (including phenoxy) is 2. The molecule has 19 nitrogen and oxygen atoms in total. The molecule has 24 heteroatoms. The molecule has 6 N–H and O–H groups in total. The largest absolute Gasteiger partial charge is 0.495 e. The van der Waals surface area contributed by atoms with E-state index in [1.165, 1.54) is 13.2 Å². The van der Waals surface area contributed by atoms with Crippen molar-refractivity contribution in [2.45, 2.75) is 37.1 Å². The van der Waals surface area contributed by atoms with Gasteiger partial charge >= 0.3 is 10.1 Å². The van der Waals surface area contributed by atoms with Crippen LogP contribution in [0.15, 0.2) is 49.9 Å². The zero-order chi connectivity index (χ0) is 40.8. The molecule has 0 fully saturated rings. The van der Waals surface area contributed by atoms with E-state index in [2.05, 4.69) is 50.0 Å². The Morgan fingerprint density at radius 1 is 0.821 bits per heavy atom. The second-order valence-electron chi connectivity index (χ2n) is 11.6. The number of nitrogens with zero attached hydrogens (tertiary/aromatic N) is 8. The lowest BCUT2D eigenvalue weighted by Gasteiger charge is -2.25. The van der Waals surface area contributed by atoms with E-state index in [0.29, 0.717) is 70.0 Å². The van der Waals surface area contributed by atoms with Gasteiger partial charge in [-0.1, -0.05) is 11.8 Å². The van der Waals surface area contributed by atoms with Gasteiger partial charge in [-0.3, -0.25) is 9.11 Å². The van der Waals surface area contributed by atoms with Crippen molar-refractivity contribution in [3.8, 4) is 11.5 Å². The van der Waals surface area contributed by atoms with Crippen LogP contribution in [0.25, 0.3) is 10.2 Å². The average Bonchev–Trinajstić information content (AvgIpc) is 3.75. The fourth-order valence-electron chi connectivity index (χ4n) is 5.41. The van der Waals surface area contributed by atoms with Gasteiger partial charge < -0.3 is 35.6 Å². The molecular weight excluding hydrogens is 827 g/mol. The highest BCUT2D eigenvalue weighted by molar-refractivity contribution is 8.00. The van der Waals surface area contributed by atoms with Gasteiger partial charge in [-0.2, -0.15) is 36.2 Å². The van der Waals surface area contributed by atoms with Gasteiger partial charge in [-0.05, 0) is 57.4 Å². The summed E-state index contributed by atoms with van der Waals surface area (Å²) in [5, 5.41) is 16.1. The molecule has 0 radical (unpaired) electrons. The minimum Gasteiger partial charge on any atom is -0.495 e. The molecular formula is C32H41N11O8S5. The van der Waals surface area contributed by atoms with E-state index in [0.717, 1.165) is 46.0 Å². The van der Waals surface area contributed by atoms with E-state index in [9.17, 15) is 25.9 Å². The fraction of sp³-hybridized carbons (Fsp3) is 0.375. The molecule has 56 heavy (non-hydrogen) atoms. The molecule has 0 unspecified atom stereocenters. The van der Waals surface area contributed by atoms with Crippen LogP contribution in [0.5, 0.6) is 11.5 Å². The molecule has 0 aliphatic carbocycles. The molecule has 0 aliphatic rings. The van der Waals surface area contributed by atoms with Crippen molar-refractivity contribution in [3.05, 3.63) is 30.3 Å². The molecule has 0 saturated heterocycles. The lowest BCUT2D eigenvalue weighted by atomic mass is 10.2. The molecule has 302 valence electrons. The Balaban J connectivity index is 1.61. The van der Waals surface area contributed by atoms with E-state index in [1.54, 1.807) is 25.3 Å². The predicted octanol–water partition coefficient (Wildman–Crippen LogP) is 6.96. The molecule has 5 rings (SSSR count). The number of rotatable bonds is 19. The highest BCUT2D eigenvalue weighted by Crippen LogP contribution is 2.43. The van der Waals surface area contributed by atoms with E-state index in [4.69, 9.17) is 15.2 Å². The molecule has 2 aromatic carbocycles. The summed E-state index contributed by atoms with van der Waals surface area (Å²) in [5.74, 6) is 0.584. The Morgan fingerprint density at radius 2 is 1.39 bits per heavy atom. The number of nitrogens with one attached hydrogen (secondary N) is 2. The number of aromatic nitrogens is 4.